The van der Waals surface area contributed by atoms with E-state index in [-0.39, 0.29) is 0 Å². The van der Waals surface area contributed by atoms with E-state index in [0.717, 1.165) is 30.1 Å². The van der Waals surface area contributed by atoms with E-state index >= 15 is 0 Å². The Labute approximate surface area is 180 Å². The van der Waals surface area contributed by atoms with Gasteiger partial charge in [0.25, 0.3) is 0 Å². The van der Waals surface area contributed by atoms with Crippen molar-refractivity contribution in [3.05, 3.63) is 23.8 Å². The molecule has 0 aliphatic heterocycles. The molecule has 1 heteroatoms. The molecule has 2 saturated carbocycles. The third kappa shape index (κ3) is 4.02. The Morgan fingerprint density at radius 3 is 2.66 bits per heavy atom. The highest BCUT2D eigenvalue weighted by Gasteiger charge is 2.60. The van der Waals surface area contributed by atoms with Crippen LogP contribution in [0, 0.1) is 40.9 Å². The smallest absolute Gasteiger partial charge is 0.0743 e. The number of aliphatic hydroxyl groups is 1. The molecule has 0 aromatic heterocycles. The third-order valence-electron chi connectivity index (χ3n) is 9.87. The molecular weight excluding hydrogens is 352 g/mol. The minimum atomic E-state index is -0.456. The molecule has 0 amide bonds. The fourth-order valence-corrected chi connectivity index (χ4v) is 8.20. The second-order valence-electron chi connectivity index (χ2n) is 11.9. The Morgan fingerprint density at radius 2 is 1.86 bits per heavy atom. The fraction of sp³-hybridized carbons (Fsp3) is 0.857. The first-order valence-electron chi connectivity index (χ1n) is 12.9. The van der Waals surface area contributed by atoms with Crippen LogP contribution in [0.15, 0.2) is 23.8 Å². The van der Waals surface area contributed by atoms with Crippen LogP contribution in [0.2, 0.25) is 0 Å². The van der Waals surface area contributed by atoms with E-state index in [9.17, 15) is 5.11 Å². The summed E-state index contributed by atoms with van der Waals surface area (Å²) in [7, 11) is 0. The van der Waals surface area contributed by atoms with Crippen molar-refractivity contribution in [1.82, 2.24) is 0 Å². The lowest BCUT2D eigenvalue weighted by atomic mass is 9.52. The topological polar surface area (TPSA) is 20.2 Å². The zero-order valence-corrected chi connectivity index (χ0v) is 19.6. The SMILES string of the molecule is CC(C)CCC[C@@H](C)[C@H]1CC[C@@H]2[C@]1(C)CCC1CCC3CCC=C/C3=C/C[C@]12O. The zero-order chi connectivity index (χ0) is 20.6. The van der Waals surface area contributed by atoms with Crippen LogP contribution < -0.4 is 0 Å². The average molecular weight is 399 g/mol. The van der Waals surface area contributed by atoms with Crippen LogP contribution in [0.4, 0.5) is 0 Å². The molecule has 0 heterocycles. The maximum absolute atomic E-state index is 12.2. The molecule has 0 aromatic carbocycles. The lowest BCUT2D eigenvalue weighted by Crippen LogP contribution is -2.55. The molecule has 0 saturated heterocycles. The summed E-state index contributed by atoms with van der Waals surface area (Å²) < 4.78 is 0. The van der Waals surface area contributed by atoms with Gasteiger partial charge in [-0.05, 0) is 104 Å². The van der Waals surface area contributed by atoms with Crippen molar-refractivity contribution in [3.63, 3.8) is 0 Å². The van der Waals surface area contributed by atoms with E-state index < -0.39 is 5.60 Å². The lowest BCUT2D eigenvalue weighted by Gasteiger charge is -2.55. The molecule has 2 fully saturated rings. The molecule has 29 heavy (non-hydrogen) atoms. The van der Waals surface area contributed by atoms with Crippen LogP contribution in [-0.2, 0) is 0 Å². The summed E-state index contributed by atoms with van der Waals surface area (Å²) in [6.07, 6.45) is 22.5. The van der Waals surface area contributed by atoms with Crippen LogP contribution >= 0.6 is 0 Å². The quantitative estimate of drug-likeness (QED) is 0.503. The number of fused-ring (bicyclic) bond motifs is 4. The first-order valence-corrected chi connectivity index (χ1v) is 12.9. The van der Waals surface area contributed by atoms with Gasteiger partial charge in [-0.2, -0.15) is 0 Å². The third-order valence-corrected chi connectivity index (χ3v) is 9.87. The van der Waals surface area contributed by atoms with Crippen LogP contribution in [0.5, 0.6) is 0 Å². The summed E-state index contributed by atoms with van der Waals surface area (Å²) in [5.74, 6) is 4.24. The van der Waals surface area contributed by atoms with Gasteiger partial charge in [0.2, 0.25) is 0 Å². The predicted octanol–water partition coefficient (Wildman–Crippen LogP) is 7.70. The Kier molecular flexibility index (Phi) is 6.37. The van der Waals surface area contributed by atoms with E-state index in [1.165, 1.54) is 76.2 Å². The molecule has 0 radical (unpaired) electrons. The minimum absolute atomic E-state index is 0.349. The molecule has 4 aliphatic carbocycles. The largest absolute Gasteiger partial charge is 0.389 e. The summed E-state index contributed by atoms with van der Waals surface area (Å²) in [5, 5.41) is 12.2. The van der Waals surface area contributed by atoms with Gasteiger partial charge >= 0.3 is 0 Å². The van der Waals surface area contributed by atoms with E-state index in [1.54, 1.807) is 0 Å². The van der Waals surface area contributed by atoms with Crippen molar-refractivity contribution in [2.24, 2.45) is 40.9 Å². The van der Waals surface area contributed by atoms with E-state index in [0.29, 0.717) is 17.3 Å². The van der Waals surface area contributed by atoms with Crippen molar-refractivity contribution in [1.29, 1.82) is 0 Å². The summed E-state index contributed by atoms with van der Waals surface area (Å²) in [6.45, 7) is 9.79. The van der Waals surface area contributed by atoms with Gasteiger partial charge in [-0.3, -0.25) is 0 Å². The molecule has 164 valence electrons. The van der Waals surface area contributed by atoms with Crippen molar-refractivity contribution in [3.8, 4) is 0 Å². The van der Waals surface area contributed by atoms with Gasteiger partial charge in [0.05, 0.1) is 5.60 Å². The highest BCUT2D eigenvalue weighted by atomic mass is 16.3. The maximum Gasteiger partial charge on any atom is 0.0743 e. The minimum Gasteiger partial charge on any atom is -0.389 e. The predicted molar refractivity (Wildman–Crippen MR) is 124 cm³/mol. The Hall–Kier alpha value is -0.560. The first kappa shape index (κ1) is 21.7. The van der Waals surface area contributed by atoms with Crippen molar-refractivity contribution >= 4 is 0 Å². The number of rotatable bonds is 5. The summed E-state index contributed by atoms with van der Waals surface area (Å²) in [5.41, 5.74) is 1.43. The second kappa shape index (κ2) is 8.52. The van der Waals surface area contributed by atoms with E-state index in [1.807, 2.05) is 0 Å². The Bertz CT molecular complexity index is 630. The van der Waals surface area contributed by atoms with Crippen LogP contribution in [0.1, 0.15) is 105 Å². The molecule has 4 rings (SSSR count). The normalized spacial score (nSPS) is 44.8. The average Bonchev–Trinajstić information content (AvgIpc) is 3.03. The molecule has 1 nitrogen and oxygen atoms in total. The molecule has 0 aromatic rings. The van der Waals surface area contributed by atoms with Gasteiger partial charge in [-0.25, -0.2) is 0 Å². The molecule has 7 atom stereocenters. The zero-order valence-electron chi connectivity index (χ0n) is 19.6. The van der Waals surface area contributed by atoms with Gasteiger partial charge in [0.1, 0.15) is 0 Å². The number of hydrogen-bond donors (Lipinski definition) is 1. The molecule has 2 unspecified atom stereocenters. The number of hydrogen-bond acceptors (Lipinski definition) is 1. The summed E-state index contributed by atoms with van der Waals surface area (Å²) in [6, 6.07) is 0. The Morgan fingerprint density at radius 1 is 1.03 bits per heavy atom. The van der Waals surface area contributed by atoms with Gasteiger partial charge in [0.15, 0.2) is 0 Å². The summed E-state index contributed by atoms with van der Waals surface area (Å²) in [4.78, 5) is 0. The Balaban J connectivity index is 1.52. The van der Waals surface area contributed by atoms with Crippen LogP contribution in [0.3, 0.4) is 0 Å². The molecule has 0 bridgehead atoms. The van der Waals surface area contributed by atoms with Crippen LogP contribution in [0.25, 0.3) is 0 Å². The molecule has 4 aliphatic rings. The highest BCUT2D eigenvalue weighted by Crippen LogP contribution is 2.64. The molecular formula is C28H46O. The van der Waals surface area contributed by atoms with Crippen LogP contribution in [-0.4, -0.2) is 10.7 Å². The van der Waals surface area contributed by atoms with E-state index in [4.69, 9.17) is 0 Å². The fourth-order valence-electron chi connectivity index (χ4n) is 8.20. The first-order chi connectivity index (χ1) is 13.8. The summed E-state index contributed by atoms with van der Waals surface area (Å²) >= 11 is 0. The monoisotopic (exact) mass is 398 g/mol. The molecule has 1 N–H and O–H groups in total. The standard InChI is InChI=1S/C28H46O/c1-20(2)8-7-9-21(3)25-14-15-26-27(25,4)18-17-24-13-12-22-10-5-6-11-23(22)16-19-28(24,26)29/h6,11,16,20-22,24-26,29H,5,7-10,12-15,17-19H2,1-4H3/b23-16-/t21-,22?,24?,25-,26-,27-,28+/m1/s1. The van der Waals surface area contributed by atoms with Gasteiger partial charge in [-0.1, -0.05) is 65.2 Å². The van der Waals surface area contributed by atoms with Gasteiger partial charge in [0, 0.05) is 0 Å². The van der Waals surface area contributed by atoms with Crippen molar-refractivity contribution in [2.45, 2.75) is 110 Å². The van der Waals surface area contributed by atoms with Gasteiger partial charge < -0.3 is 5.11 Å². The number of allylic oxidation sites excluding steroid dienone is 3. The highest BCUT2D eigenvalue weighted by molar-refractivity contribution is 5.27. The molecule has 0 spiro atoms. The van der Waals surface area contributed by atoms with Crippen molar-refractivity contribution < 1.29 is 5.11 Å². The second-order valence-corrected chi connectivity index (χ2v) is 11.9. The van der Waals surface area contributed by atoms with Crippen molar-refractivity contribution in [2.75, 3.05) is 0 Å². The van der Waals surface area contributed by atoms with E-state index in [2.05, 4.69) is 45.9 Å². The van der Waals surface area contributed by atoms with Gasteiger partial charge in [-0.15, -0.1) is 0 Å². The maximum atomic E-state index is 12.2. The lowest BCUT2D eigenvalue weighted by molar-refractivity contribution is -0.149.